The quantitative estimate of drug-likeness (QED) is 0.492. The van der Waals surface area contributed by atoms with Gasteiger partial charge in [-0.2, -0.15) is 0 Å². The Morgan fingerprint density at radius 3 is 2.74 bits per heavy atom. The molecule has 10 heteroatoms. The number of hydrogen-bond donors (Lipinski definition) is 2. The van der Waals surface area contributed by atoms with Crippen LogP contribution in [-0.2, 0) is 30.7 Å². The standard InChI is InChI=1S/C28H34N6O4/c1-17(2)13-22(35)28(37)33-12-10-18-15-23(38-3)20(14-19(18)16-33)27(36)30-24-8-6-7-21(29-24)26-32-31-25-9-4-5-11-34(25)26/h6-8,14-15,17,22,35H,4-5,9-13,16H2,1-3H3,(H,29,30,36)/t22-/m0/s1. The topological polar surface area (TPSA) is 122 Å². The van der Waals surface area contributed by atoms with Gasteiger partial charge in [-0.05, 0) is 67.0 Å². The van der Waals surface area contributed by atoms with Gasteiger partial charge in [0.2, 0.25) is 0 Å². The van der Waals surface area contributed by atoms with Crippen molar-refractivity contribution in [3.63, 3.8) is 0 Å². The third-order valence-electron chi connectivity index (χ3n) is 7.15. The van der Waals surface area contributed by atoms with E-state index in [0.717, 1.165) is 42.8 Å². The summed E-state index contributed by atoms with van der Waals surface area (Å²) in [4.78, 5) is 32.5. The summed E-state index contributed by atoms with van der Waals surface area (Å²) in [6.07, 6.45) is 3.11. The molecule has 0 spiro atoms. The van der Waals surface area contributed by atoms with Gasteiger partial charge in [-0.3, -0.25) is 9.59 Å². The van der Waals surface area contributed by atoms with Crippen LogP contribution in [0.3, 0.4) is 0 Å². The van der Waals surface area contributed by atoms with Crippen molar-refractivity contribution in [1.82, 2.24) is 24.6 Å². The SMILES string of the molecule is COc1cc2c(cc1C(=O)Nc1cccc(-c3nnc4n3CCCC4)n1)CN(C(=O)[C@@H](O)CC(C)C)CC2. The van der Waals surface area contributed by atoms with Crippen LogP contribution in [0.2, 0.25) is 0 Å². The first-order valence-electron chi connectivity index (χ1n) is 13.2. The van der Waals surface area contributed by atoms with Crippen LogP contribution >= 0.6 is 0 Å². The van der Waals surface area contributed by atoms with Crippen LogP contribution in [0.4, 0.5) is 5.82 Å². The molecule has 1 atom stereocenters. The molecule has 5 rings (SSSR count). The van der Waals surface area contributed by atoms with Gasteiger partial charge in [-0.1, -0.05) is 19.9 Å². The fourth-order valence-corrected chi connectivity index (χ4v) is 5.19. The van der Waals surface area contributed by atoms with Gasteiger partial charge < -0.3 is 24.6 Å². The number of benzene rings is 1. The number of aromatic nitrogens is 4. The Balaban J connectivity index is 1.36. The minimum absolute atomic E-state index is 0.216. The Morgan fingerprint density at radius 2 is 1.95 bits per heavy atom. The van der Waals surface area contributed by atoms with Gasteiger partial charge in [-0.15, -0.1) is 10.2 Å². The average Bonchev–Trinajstić information content (AvgIpc) is 3.35. The van der Waals surface area contributed by atoms with Crippen molar-refractivity contribution in [3.8, 4) is 17.3 Å². The number of aryl methyl sites for hydroxylation is 1. The molecular formula is C28H34N6O4. The van der Waals surface area contributed by atoms with Gasteiger partial charge in [0.05, 0.1) is 12.7 Å². The minimum atomic E-state index is -1.02. The van der Waals surface area contributed by atoms with Crippen molar-refractivity contribution in [2.24, 2.45) is 5.92 Å². The highest BCUT2D eigenvalue weighted by Gasteiger charge is 2.28. The van der Waals surface area contributed by atoms with Gasteiger partial charge in [-0.25, -0.2) is 4.98 Å². The number of amides is 2. The molecule has 3 aromatic rings. The number of carbonyl (C=O) groups is 2. The molecule has 0 saturated carbocycles. The Bertz CT molecular complexity index is 1350. The summed E-state index contributed by atoms with van der Waals surface area (Å²) < 4.78 is 7.64. The molecule has 4 heterocycles. The van der Waals surface area contributed by atoms with Gasteiger partial charge in [0.15, 0.2) is 5.82 Å². The Hall–Kier alpha value is -3.79. The first kappa shape index (κ1) is 25.8. The van der Waals surface area contributed by atoms with Crippen molar-refractivity contribution in [2.75, 3.05) is 19.0 Å². The fraction of sp³-hybridized carbons (Fsp3) is 0.464. The number of rotatable bonds is 7. The van der Waals surface area contributed by atoms with Gasteiger partial charge in [0.1, 0.15) is 29.2 Å². The molecule has 0 saturated heterocycles. The Morgan fingerprint density at radius 1 is 1.11 bits per heavy atom. The van der Waals surface area contributed by atoms with E-state index in [1.165, 1.54) is 7.11 Å². The van der Waals surface area contributed by atoms with Crippen molar-refractivity contribution >= 4 is 17.6 Å². The van der Waals surface area contributed by atoms with Crippen LogP contribution in [0.25, 0.3) is 11.5 Å². The number of aliphatic hydroxyl groups excluding tert-OH is 1. The van der Waals surface area contributed by atoms with Crippen LogP contribution in [0, 0.1) is 5.92 Å². The molecule has 2 aliphatic heterocycles. The lowest BCUT2D eigenvalue weighted by atomic mass is 9.95. The molecule has 2 amide bonds. The summed E-state index contributed by atoms with van der Waals surface area (Å²) in [5.41, 5.74) is 2.90. The molecule has 0 bridgehead atoms. The van der Waals surface area contributed by atoms with E-state index in [2.05, 4.69) is 25.1 Å². The molecule has 2 aromatic heterocycles. The van der Waals surface area contributed by atoms with Crippen molar-refractivity contribution in [2.45, 2.75) is 65.1 Å². The molecule has 10 nitrogen and oxygen atoms in total. The van der Waals surface area contributed by atoms with Crippen molar-refractivity contribution in [1.29, 1.82) is 0 Å². The fourth-order valence-electron chi connectivity index (χ4n) is 5.19. The second-order valence-corrected chi connectivity index (χ2v) is 10.4. The second kappa shape index (κ2) is 10.9. The zero-order chi connectivity index (χ0) is 26.8. The third kappa shape index (κ3) is 5.26. The maximum absolute atomic E-state index is 13.4. The van der Waals surface area contributed by atoms with Crippen LogP contribution in [0.5, 0.6) is 5.75 Å². The van der Waals surface area contributed by atoms with Crippen molar-refractivity contribution in [3.05, 3.63) is 52.8 Å². The molecule has 2 aliphatic rings. The highest BCUT2D eigenvalue weighted by atomic mass is 16.5. The predicted octanol–water partition coefficient (Wildman–Crippen LogP) is 3.23. The number of fused-ring (bicyclic) bond motifs is 2. The van der Waals surface area contributed by atoms with E-state index in [9.17, 15) is 14.7 Å². The molecule has 1 aromatic carbocycles. The van der Waals surface area contributed by atoms with Gasteiger partial charge in [0.25, 0.3) is 11.8 Å². The number of pyridine rings is 1. The minimum Gasteiger partial charge on any atom is -0.496 e. The van der Waals surface area contributed by atoms with E-state index in [4.69, 9.17) is 4.74 Å². The molecule has 0 unspecified atom stereocenters. The highest BCUT2D eigenvalue weighted by Crippen LogP contribution is 2.30. The van der Waals surface area contributed by atoms with Crippen LogP contribution in [-0.4, -0.2) is 61.3 Å². The molecule has 0 radical (unpaired) electrons. The van der Waals surface area contributed by atoms with Crippen LogP contribution in [0.15, 0.2) is 30.3 Å². The summed E-state index contributed by atoms with van der Waals surface area (Å²) in [7, 11) is 1.53. The molecule has 38 heavy (non-hydrogen) atoms. The summed E-state index contributed by atoms with van der Waals surface area (Å²) in [5.74, 6) is 2.10. The molecule has 200 valence electrons. The summed E-state index contributed by atoms with van der Waals surface area (Å²) in [6.45, 7) is 5.65. The predicted molar refractivity (Wildman–Crippen MR) is 142 cm³/mol. The van der Waals surface area contributed by atoms with Crippen LogP contribution in [0.1, 0.15) is 60.4 Å². The smallest absolute Gasteiger partial charge is 0.260 e. The number of aliphatic hydroxyl groups is 1. The molecule has 2 N–H and O–H groups in total. The van der Waals surface area contributed by atoms with E-state index in [1.54, 1.807) is 17.0 Å². The number of hydrogen-bond acceptors (Lipinski definition) is 7. The maximum atomic E-state index is 13.4. The number of nitrogens with zero attached hydrogens (tertiary/aromatic N) is 5. The number of carbonyl (C=O) groups excluding carboxylic acids is 2. The van der Waals surface area contributed by atoms with Crippen LogP contribution < -0.4 is 10.1 Å². The summed E-state index contributed by atoms with van der Waals surface area (Å²) in [5, 5.41) is 21.9. The first-order valence-corrected chi connectivity index (χ1v) is 13.2. The Kier molecular flexibility index (Phi) is 7.42. The highest BCUT2D eigenvalue weighted by molar-refractivity contribution is 6.06. The molecule has 0 fully saturated rings. The molecule has 0 aliphatic carbocycles. The lowest BCUT2D eigenvalue weighted by Crippen LogP contribution is -2.42. The third-order valence-corrected chi connectivity index (χ3v) is 7.15. The lowest BCUT2D eigenvalue weighted by molar-refractivity contribution is -0.141. The van der Waals surface area contributed by atoms with E-state index in [1.807, 2.05) is 32.0 Å². The lowest BCUT2D eigenvalue weighted by Gasteiger charge is -2.31. The molecular weight excluding hydrogens is 484 g/mol. The number of nitrogens with one attached hydrogen (secondary N) is 1. The zero-order valence-corrected chi connectivity index (χ0v) is 22.1. The van der Waals surface area contributed by atoms with E-state index >= 15 is 0 Å². The van der Waals surface area contributed by atoms with E-state index in [0.29, 0.717) is 54.6 Å². The largest absolute Gasteiger partial charge is 0.496 e. The van der Waals surface area contributed by atoms with Gasteiger partial charge in [0, 0.05) is 26.1 Å². The van der Waals surface area contributed by atoms with Gasteiger partial charge >= 0.3 is 0 Å². The van der Waals surface area contributed by atoms with E-state index in [-0.39, 0.29) is 17.7 Å². The Labute approximate surface area is 222 Å². The maximum Gasteiger partial charge on any atom is 0.260 e. The first-order chi connectivity index (χ1) is 18.3. The monoisotopic (exact) mass is 518 g/mol. The summed E-state index contributed by atoms with van der Waals surface area (Å²) >= 11 is 0. The summed E-state index contributed by atoms with van der Waals surface area (Å²) in [6, 6.07) is 9.06. The van der Waals surface area contributed by atoms with E-state index < -0.39 is 6.10 Å². The number of anilines is 1. The number of methoxy groups -OCH3 is 1. The normalized spacial score (nSPS) is 15.6. The second-order valence-electron chi connectivity index (χ2n) is 10.4. The zero-order valence-electron chi connectivity index (χ0n) is 22.1. The van der Waals surface area contributed by atoms with Crippen molar-refractivity contribution < 1.29 is 19.4 Å². The average molecular weight is 519 g/mol. The number of ether oxygens (including phenoxy) is 1.